The van der Waals surface area contributed by atoms with Gasteiger partial charge in [-0.05, 0) is 63.8 Å². The SMILES string of the molecule is CN1CCCC(n2cc(C3CCNCC3)cn2)C1. The first-order valence-electron chi connectivity index (χ1n) is 7.26. The Morgan fingerprint density at radius 3 is 2.89 bits per heavy atom. The van der Waals surface area contributed by atoms with E-state index in [9.17, 15) is 0 Å². The Bertz CT molecular complexity index is 381. The summed E-state index contributed by atoms with van der Waals surface area (Å²) in [5.41, 5.74) is 1.45. The number of rotatable bonds is 2. The predicted molar refractivity (Wildman–Crippen MR) is 72.8 cm³/mol. The molecule has 2 aliphatic heterocycles. The van der Waals surface area contributed by atoms with Gasteiger partial charge in [-0.3, -0.25) is 4.68 Å². The minimum absolute atomic E-state index is 0.583. The van der Waals surface area contributed by atoms with Crippen molar-refractivity contribution in [1.82, 2.24) is 20.0 Å². The Labute approximate surface area is 109 Å². The van der Waals surface area contributed by atoms with Crippen LogP contribution >= 0.6 is 0 Å². The molecule has 4 nitrogen and oxygen atoms in total. The van der Waals surface area contributed by atoms with Crippen LogP contribution in [0.2, 0.25) is 0 Å². The lowest BCUT2D eigenvalue weighted by atomic mass is 9.93. The Hall–Kier alpha value is -0.870. The molecule has 1 atom stereocenters. The molecule has 18 heavy (non-hydrogen) atoms. The van der Waals surface area contributed by atoms with Gasteiger partial charge in [0.1, 0.15) is 0 Å². The third-order valence-electron chi connectivity index (χ3n) is 4.41. The van der Waals surface area contributed by atoms with Gasteiger partial charge in [0, 0.05) is 12.7 Å². The van der Waals surface area contributed by atoms with Gasteiger partial charge in [0.15, 0.2) is 0 Å². The fourth-order valence-corrected chi connectivity index (χ4v) is 3.27. The van der Waals surface area contributed by atoms with E-state index in [1.807, 2.05) is 0 Å². The van der Waals surface area contributed by atoms with E-state index in [0.29, 0.717) is 6.04 Å². The van der Waals surface area contributed by atoms with Crippen molar-refractivity contribution < 1.29 is 0 Å². The van der Waals surface area contributed by atoms with Gasteiger partial charge in [-0.15, -0.1) is 0 Å². The molecule has 0 radical (unpaired) electrons. The molecule has 4 heteroatoms. The molecule has 1 unspecified atom stereocenters. The van der Waals surface area contributed by atoms with E-state index in [-0.39, 0.29) is 0 Å². The van der Waals surface area contributed by atoms with Gasteiger partial charge in [0.25, 0.3) is 0 Å². The van der Waals surface area contributed by atoms with Crippen LogP contribution in [-0.4, -0.2) is 47.9 Å². The molecule has 0 aliphatic carbocycles. The summed E-state index contributed by atoms with van der Waals surface area (Å²) in [6, 6.07) is 0.583. The number of aromatic nitrogens is 2. The molecule has 0 aromatic carbocycles. The van der Waals surface area contributed by atoms with E-state index in [1.54, 1.807) is 0 Å². The highest BCUT2D eigenvalue weighted by Crippen LogP contribution is 2.27. The summed E-state index contributed by atoms with van der Waals surface area (Å²) in [7, 11) is 2.21. The highest BCUT2D eigenvalue weighted by molar-refractivity contribution is 5.13. The number of nitrogens with zero attached hydrogens (tertiary/aromatic N) is 3. The first kappa shape index (κ1) is 12.2. The van der Waals surface area contributed by atoms with Crippen LogP contribution in [0.25, 0.3) is 0 Å². The number of hydrogen-bond acceptors (Lipinski definition) is 3. The van der Waals surface area contributed by atoms with Crippen LogP contribution in [0, 0.1) is 0 Å². The van der Waals surface area contributed by atoms with E-state index in [1.165, 1.54) is 37.8 Å². The van der Waals surface area contributed by atoms with Gasteiger partial charge >= 0.3 is 0 Å². The van der Waals surface area contributed by atoms with Crippen LogP contribution < -0.4 is 5.32 Å². The Balaban J connectivity index is 1.68. The number of likely N-dealkylation sites (N-methyl/N-ethyl adjacent to an activating group) is 1. The third kappa shape index (κ3) is 2.59. The Kier molecular flexibility index (Phi) is 3.66. The molecule has 2 saturated heterocycles. The Morgan fingerprint density at radius 2 is 2.11 bits per heavy atom. The maximum Gasteiger partial charge on any atom is 0.0646 e. The van der Waals surface area contributed by atoms with E-state index < -0.39 is 0 Å². The van der Waals surface area contributed by atoms with Crippen LogP contribution in [0.4, 0.5) is 0 Å². The van der Waals surface area contributed by atoms with Gasteiger partial charge < -0.3 is 10.2 Å². The monoisotopic (exact) mass is 248 g/mol. The fraction of sp³-hybridized carbons (Fsp3) is 0.786. The summed E-state index contributed by atoms with van der Waals surface area (Å²) < 4.78 is 2.22. The molecule has 2 aliphatic rings. The van der Waals surface area contributed by atoms with Gasteiger partial charge in [0.05, 0.1) is 12.2 Å². The highest BCUT2D eigenvalue weighted by atomic mass is 15.3. The first-order valence-corrected chi connectivity index (χ1v) is 7.26. The molecular weight excluding hydrogens is 224 g/mol. The number of piperidine rings is 2. The van der Waals surface area contributed by atoms with Crippen LogP contribution in [0.15, 0.2) is 12.4 Å². The van der Waals surface area contributed by atoms with Crippen molar-refractivity contribution in [3.63, 3.8) is 0 Å². The number of likely N-dealkylation sites (tertiary alicyclic amines) is 1. The standard InChI is InChI=1S/C14H24N4/c1-17-8-2-3-14(11-17)18-10-13(9-16-18)12-4-6-15-7-5-12/h9-10,12,14-15H,2-8,11H2,1H3. The second-order valence-corrected chi connectivity index (χ2v) is 5.84. The maximum absolute atomic E-state index is 4.62. The van der Waals surface area contributed by atoms with Crippen molar-refractivity contribution in [2.24, 2.45) is 0 Å². The molecule has 100 valence electrons. The lowest BCUT2D eigenvalue weighted by Gasteiger charge is -2.29. The lowest BCUT2D eigenvalue weighted by Crippen LogP contribution is -2.33. The van der Waals surface area contributed by atoms with Crippen molar-refractivity contribution in [3.05, 3.63) is 18.0 Å². The Morgan fingerprint density at radius 1 is 1.28 bits per heavy atom. The third-order valence-corrected chi connectivity index (χ3v) is 4.41. The van der Waals surface area contributed by atoms with Crippen LogP contribution in [0.3, 0.4) is 0 Å². The molecule has 1 N–H and O–H groups in total. The van der Waals surface area contributed by atoms with Gasteiger partial charge in [-0.2, -0.15) is 5.10 Å². The van der Waals surface area contributed by atoms with E-state index >= 15 is 0 Å². The van der Waals surface area contributed by atoms with Crippen molar-refractivity contribution in [2.45, 2.75) is 37.6 Å². The molecule has 3 heterocycles. The van der Waals surface area contributed by atoms with Crippen LogP contribution in [0.5, 0.6) is 0 Å². The quantitative estimate of drug-likeness (QED) is 0.863. The van der Waals surface area contributed by atoms with Gasteiger partial charge in [-0.25, -0.2) is 0 Å². The summed E-state index contributed by atoms with van der Waals surface area (Å²) in [6.07, 6.45) is 9.50. The van der Waals surface area contributed by atoms with Crippen molar-refractivity contribution >= 4 is 0 Å². The fourth-order valence-electron chi connectivity index (χ4n) is 3.27. The molecule has 1 aromatic rings. The number of hydrogen-bond donors (Lipinski definition) is 1. The zero-order valence-corrected chi connectivity index (χ0v) is 11.3. The highest BCUT2D eigenvalue weighted by Gasteiger charge is 2.21. The molecule has 0 bridgehead atoms. The van der Waals surface area contributed by atoms with Gasteiger partial charge in [0.2, 0.25) is 0 Å². The first-order chi connectivity index (χ1) is 8.83. The predicted octanol–water partition coefficient (Wildman–Crippen LogP) is 1.62. The molecule has 0 saturated carbocycles. The normalized spacial score (nSPS) is 27.5. The lowest BCUT2D eigenvalue weighted by molar-refractivity contribution is 0.202. The summed E-state index contributed by atoms with van der Waals surface area (Å²) in [5, 5.41) is 8.05. The zero-order valence-electron chi connectivity index (χ0n) is 11.3. The topological polar surface area (TPSA) is 33.1 Å². The van der Waals surface area contributed by atoms with Gasteiger partial charge in [-0.1, -0.05) is 0 Å². The average molecular weight is 248 g/mol. The van der Waals surface area contributed by atoms with Crippen molar-refractivity contribution in [1.29, 1.82) is 0 Å². The molecular formula is C14H24N4. The van der Waals surface area contributed by atoms with E-state index in [0.717, 1.165) is 25.6 Å². The minimum Gasteiger partial charge on any atom is -0.317 e. The second kappa shape index (κ2) is 5.41. The summed E-state index contributed by atoms with van der Waals surface area (Å²) in [4.78, 5) is 2.42. The molecule has 2 fully saturated rings. The van der Waals surface area contributed by atoms with Crippen LogP contribution in [0.1, 0.15) is 43.2 Å². The second-order valence-electron chi connectivity index (χ2n) is 5.84. The van der Waals surface area contributed by atoms with Crippen molar-refractivity contribution in [3.8, 4) is 0 Å². The largest absolute Gasteiger partial charge is 0.317 e. The average Bonchev–Trinajstić information content (AvgIpc) is 2.89. The molecule has 0 amide bonds. The molecule has 3 rings (SSSR count). The zero-order chi connectivity index (χ0) is 12.4. The summed E-state index contributed by atoms with van der Waals surface area (Å²) in [6.45, 7) is 4.69. The number of nitrogens with one attached hydrogen (secondary N) is 1. The minimum atomic E-state index is 0.583. The maximum atomic E-state index is 4.62. The molecule has 0 spiro atoms. The molecule has 1 aromatic heterocycles. The summed E-state index contributed by atoms with van der Waals surface area (Å²) in [5.74, 6) is 0.723. The van der Waals surface area contributed by atoms with Crippen LogP contribution in [-0.2, 0) is 0 Å². The van der Waals surface area contributed by atoms with E-state index in [4.69, 9.17) is 0 Å². The van der Waals surface area contributed by atoms with Crippen molar-refractivity contribution in [2.75, 3.05) is 33.2 Å². The summed E-state index contributed by atoms with van der Waals surface area (Å²) >= 11 is 0. The van der Waals surface area contributed by atoms with E-state index in [2.05, 4.69) is 39.4 Å². The smallest absolute Gasteiger partial charge is 0.0646 e.